The van der Waals surface area contributed by atoms with Gasteiger partial charge in [0.05, 0.1) is 11.1 Å². The van der Waals surface area contributed by atoms with Crippen LogP contribution in [0.2, 0.25) is 5.02 Å². The number of para-hydroxylation sites is 1. The molecule has 0 spiro atoms. The minimum absolute atomic E-state index is 0.0307. The number of halogens is 1. The predicted molar refractivity (Wildman–Crippen MR) is 52.4 cm³/mol. The van der Waals surface area contributed by atoms with E-state index in [1.165, 1.54) is 0 Å². The van der Waals surface area contributed by atoms with Gasteiger partial charge in [0, 0.05) is 12.1 Å². The van der Waals surface area contributed by atoms with Crippen molar-refractivity contribution in [3.63, 3.8) is 0 Å². The number of nitrogens with one attached hydrogen (secondary N) is 2. The maximum absolute atomic E-state index is 10.9. The molecule has 2 amide bonds. The van der Waals surface area contributed by atoms with Gasteiger partial charge in [-0.05, 0) is 6.07 Å². The van der Waals surface area contributed by atoms with Crippen LogP contribution in [0.3, 0.4) is 0 Å². The smallest absolute Gasteiger partial charge is 0.315 e. The van der Waals surface area contributed by atoms with Crippen molar-refractivity contribution in [1.82, 2.24) is 10.6 Å². The summed E-state index contributed by atoms with van der Waals surface area (Å²) in [4.78, 5) is 10.9. The van der Waals surface area contributed by atoms with Crippen molar-refractivity contribution in [2.24, 2.45) is 0 Å². The highest BCUT2D eigenvalue weighted by Crippen LogP contribution is 2.31. The molecule has 5 heteroatoms. The van der Waals surface area contributed by atoms with Crippen LogP contribution >= 0.6 is 11.6 Å². The Morgan fingerprint density at radius 3 is 2.93 bits per heavy atom. The first-order valence-corrected chi connectivity index (χ1v) is 4.58. The lowest BCUT2D eigenvalue weighted by atomic mass is 10.1. The second-order valence-corrected chi connectivity index (χ2v) is 3.49. The van der Waals surface area contributed by atoms with E-state index in [0.29, 0.717) is 17.1 Å². The van der Waals surface area contributed by atoms with Crippen LogP contribution in [0.15, 0.2) is 18.2 Å². The second kappa shape index (κ2) is 3.38. The van der Waals surface area contributed by atoms with Gasteiger partial charge in [-0.15, -0.1) is 0 Å². The van der Waals surface area contributed by atoms with E-state index < -0.39 is 0 Å². The number of phenolic OH excluding ortho intramolecular Hbond substituents is 1. The van der Waals surface area contributed by atoms with Crippen LogP contribution in [0, 0.1) is 0 Å². The van der Waals surface area contributed by atoms with Gasteiger partial charge < -0.3 is 15.7 Å². The summed E-state index contributed by atoms with van der Waals surface area (Å²) in [7, 11) is 0. The van der Waals surface area contributed by atoms with Crippen LogP contribution in [0.4, 0.5) is 4.79 Å². The number of carbonyl (C=O) groups excluding carboxylic acids is 1. The van der Waals surface area contributed by atoms with E-state index >= 15 is 0 Å². The fraction of sp³-hybridized carbons (Fsp3) is 0.222. The molecule has 3 N–H and O–H groups in total. The zero-order valence-electron chi connectivity index (χ0n) is 7.25. The number of aromatic hydroxyl groups is 1. The lowest BCUT2D eigenvalue weighted by Gasteiger charge is -2.11. The Morgan fingerprint density at radius 1 is 1.50 bits per heavy atom. The Balaban J connectivity index is 2.32. The third-order valence-corrected chi connectivity index (χ3v) is 2.47. The van der Waals surface area contributed by atoms with E-state index in [9.17, 15) is 9.90 Å². The minimum atomic E-state index is -0.227. The lowest BCUT2D eigenvalue weighted by molar-refractivity contribution is 0.247. The SMILES string of the molecule is O=C1NC[C@@H](c2cccc(Cl)c2O)N1. The van der Waals surface area contributed by atoms with Gasteiger partial charge in [0.25, 0.3) is 0 Å². The molecule has 1 heterocycles. The van der Waals surface area contributed by atoms with Crippen molar-refractivity contribution in [3.8, 4) is 5.75 Å². The summed E-state index contributed by atoms with van der Waals surface area (Å²) < 4.78 is 0. The average molecular weight is 213 g/mol. The first-order chi connectivity index (χ1) is 6.68. The summed E-state index contributed by atoms with van der Waals surface area (Å²) in [5.74, 6) is 0.0307. The van der Waals surface area contributed by atoms with Crippen LogP contribution in [0.25, 0.3) is 0 Å². The second-order valence-electron chi connectivity index (χ2n) is 3.08. The lowest BCUT2D eigenvalue weighted by Crippen LogP contribution is -2.21. The highest BCUT2D eigenvalue weighted by Gasteiger charge is 2.24. The molecule has 1 aliphatic rings. The summed E-state index contributed by atoms with van der Waals surface area (Å²) in [5.41, 5.74) is 0.635. The minimum Gasteiger partial charge on any atom is -0.506 e. The summed E-state index contributed by atoms with van der Waals surface area (Å²) in [6.45, 7) is 0.465. The average Bonchev–Trinajstić information content (AvgIpc) is 2.57. The summed E-state index contributed by atoms with van der Waals surface area (Å²) in [5, 5.41) is 15.2. The quantitative estimate of drug-likeness (QED) is 0.659. The first-order valence-electron chi connectivity index (χ1n) is 4.20. The number of amides is 2. The van der Waals surface area contributed by atoms with E-state index in [-0.39, 0.29) is 17.8 Å². The van der Waals surface area contributed by atoms with E-state index in [0.717, 1.165) is 0 Å². The molecular weight excluding hydrogens is 204 g/mol. The third-order valence-electron chi connectivity index (χ3n) is 2.17. The molecule has 4 nitrogen and oxygen atoms in total. The van der Waals surface area contributed by atoms with Gasteiger partial charge in [-0.3, -0.25) is 0 Å². The predicted octanol–water partition coefficient (Wildman–Crippen LogP) is 1.40. The highest BCUT2D eigenvalue weighted by molar-refractivity contribution is 6.32. The van der Waals surface area contributed by atoms with Crippen molar-refractivity contribution in [2.75, 3.05) is 6.54 Å². The van der Waals surface area contributed by atoms with Gasteiger partial charge in [-0.25, -0.2) is 4.79 Å². The topological polar surface area (TPSA) is 61.4 Å². The molecule has 0 saturated carbocycles. The van der Waals surface area contributed by atoms with Gasteiger partial charge in [0.2, 0.25) is 0 Å². The molecule has 1 fully saturated rings. The maximum Gasteiger partial charge on any atom is 0.315 e. The Labute approximate surface area is 85.9 Å². The Kier molecular flexibility index (Phi) is 2.21. The number of carbonyl (C=O) groups is 1. The Morgan fingerprint density at radius 2 is 2.29 bits per heavy atom. The summed E-state index contributed by atoms with van der Waals surface area (Å²) in [6, 6.07) is 4.64. The van der Waals surface area contributed by atoms with Crippen LogP contribution in [0.5, 0.6) is 5.75 Å². The van der Waals surface area contributed by atoms with Crippen LogP contribution in [0.1, 0.15) is 11.6 Å². The number of urea groups is 1. The third kappa shape index (κ3) is 1.48. The van der Waals surface area contributed by atoms with Gasteiger partial charge in [-0.2, -0.15) is 0 Å². The summed E-state index contributed by atoms with van der Waals surface area (Å²) >= 11 is 5.75. The highest BCUT2D eigenvalue weighted by atomic mass is 35.5. The molecule has 1 aliphatic heterocycles. The fourth-order valence-electron chi connectivity index (χ4n) is 1.46. The largest absolute Gasteiger partial charge is 0.506 e. The van der Waals surface area contributed by atoms with E-state index in [2.05, 4.69) is 10.6 Å². The summed E-state index contributed by atoms with van der Waals surface area (Å²) in [6.07, 6.45) is 0. The zero-order valence-corrected chi connectivity index (χ0v) is 8.01. The van der Waals surface area contributed by atoms with Crippen molar-refractivity contribution in [1.29, 1.82) is 0 Å². The molecule has 0 bridgehead atoms. The van der Waals surface area contributed by atoms with Crippen molar-refractivity contribution >= 4 is 17.6 Å². The monoisotopic (exact) mass is 212 g/mol. The van der Waals surface area contributed by atoms with Crippen LogP contribution < -0.4 is 10.6 Å². The van der Waals surface area contributed by atoms with Crippen molar-refractivity contribution in [2.45, 2.75) is 6.04 Å². The number of phenols is 1. The zero-order chi connectivity index (χ0) is 10.1. The Bertz CT molecular complexity index is 381. The molecule has 1 aromatic carbocycles. The van der Waals surface area contributed by atoms with Gasteiger partial charge >= 0.3 is 6.03 Å². The number of hydrogen-bond acceptors (Lipinski definition) is 2. The Hall–Kier alpha value is -1.42. The molecule has 1 saturated heterocycles. The molecule has 0 radical (unpaired) electrons. The fourth-order valence-corrected chi connectivity index (χ4v) is 1.64. The molecule has 74 valence electrons. The number of benzene rings is 1. The number of rotatable bonds is 1. The van der Waals surface area contributed by atoms with Gasteiger partial charge in [0.1, 0.15) is 5.75 Å². The van der Waals surface area contributed by atoms with Gasteiger partial charge in [-0.1, -0.05) is 23.7 Å². The van der Waals surface area contributed by atoms with E-state index in [1.54, 1.807) is 18.2 Å². The van der Waals surface area contributed by atoms with Crippen LogP contribution in [-0.2, 0) is 0 Å². The molecule has 0 aromatic heterocycles. The molecule has 14 heavy (non-hydrogen) atoms. The molecule has 1 aromatic rings. The van der Waals surface area contributed by atoms with Crippen LogP contribution in [-0.4, -0.2) is 17.7 Å². The van der Waals surface area contributed by atoms with E-state index in [4.69, 9.17) is 11.6 Å². The van der Waals surface area contributed by atoms with E-state index in [1.807, 2.05) is 0 Å². The van der Waals surface area contributed by atoms with Crippen molar-refractivity contribution in [3.05, 3.63) is 28.8 Å². The molecular formula is C9H9ClN2O2. The first kappa shape index (κ1) is 9.15. The molecule has 2 rings (SSSR count). The van der Waals surface area contributed by atoms with Crippen molar-refractivity contribution < 1.29 is 9.90 Å². The number of hydrogen-bond donors (Lipinski definition) is 3. The standard InChI is InChI=1S/C9H9ClN2O2/c10-6-3-1-2-5(8(6)13)7-4-11-9(14)12-7/h1-3,7,13H,4H2,(H2,11,12,14)/t7-/m0/s1. The van der Waals surface area contributed by atoms with Gasteiger partial charge in [0.15, 0.2) is 0 Å². The molecule has 0 unspecified atom stereocenters. The normalized spacial score (nSPS) is 20.4. The molecule has 1 atom stereocenters. The maximum atomic E-state index is 10.9. The molecule has 0 aliphatic carbocycles.